The fourth-order valence-electron chi connectivity index (χ4n) is 3.54. The lowest BCUT2D eigenvalue weighted by molar-refractivity contribution is 0.0954. The van der Waals surface area contributed by atoms with Crippen LogP contribution in [0.2, 0.25) is 0 Å². The zero-order valence-electron chi connectivity index (χ0n) is 17.4. The van der Waals surface area contributed by atoms with E-state index in [0.717, 1.165) is 25.6 Å². The Kier molecular flexibility index (Phi) is 10.6. The number of aromatic nitrogens is 1. The highest BCUT2D eigenvalue weighted by molar-refractivity contribution is 14.0. The van der Waals surface area contributed by atoms with E-state index >= 15 is 0 Å². The van der Waals surface area contributed by atoms with Crippen LogP contribution in [-0.4, -0.2) is 61.0 Å². The van der Waals surface area contributed by atoms with Crippen molar-refractivity contribution in [2.45, 2.75) is 25.4 Å². The van der Waals surface area contributed by atoms with Gasteiger partial charge in [-0.2, -0.15) is 0 Å². The maximum absolute atomic E-state index is 12.0. The molecule has 0 saturated carbocycles. The van der Waals surface area contributed by atoms with Gasteiger partial charge in [0, 0.05) is 51.7 Å². The first-order chi connectivity index (χ1) is 14.3. The third kappa shape index (κ3) is 7.56. The van der Waals surface area contributed by atoms with Crippen LogP contribution in [0.1, 0.15) is 28.8 Å². The summed E-state index contributed by atoms with van der Waals surface area (Å²) in [5.41, 5.74) is 1.92. The topological polar surface area (TPSA) is 81.6 Å². The lowest BCUT2D eigenvalue weighted by atomic mass is 10.2. The summed E-state index contributed by atoms with van der Waals surface area (Å²) in [7, 11) is 1.76. The Balaban J connectivity index is 0.00000320. The number of carbonyl (C=O) groups is 1. The van der Waals surface area contributed by atoms with Crippen LogP contribution in [0.15, 0.2) is 59.9 Å². The molecule has 1 atom stereocenters. The van der Waals surface area contributed by atoms with Crippen molar-refractivity contribution in [3.8, 4) is 0 Å². The van der Waals surface area contributed by atoms with Crippen LogP contribution in [0, 0.1) is 0 Å². The van der Waals surface area contributed by atoms with Crippen LogP contribution in [0.3, 0.4) is 0 Å². The van der Waals surface area contributed by atoms with Gasteiger partial charge in [0.15, 0.2) is 5.96 Å². The van der Waals surface area contributed by atoms with E-state index in [4.69, 9.17) is 0 Å². The number of likely N-dealkylation sites (tertiary alicyclic amines) is 1. The molecule has 1 unspecified atom stereocenters. The molecular formula is C22H31IN6O. The number of benzene rings is 1. The molecule has 0 spiro atoms. The molecule has 0 bridgehead atoms. The highest BCUT2D eigenvalue weighted by Crippen LogP contribution is 2.19. The Hall–Kier alpha value is -2.20. The lowest BCUT2D eigenvalue weighted by Crippen LogP contribution is -2.46. The van der Waals surface area contributed by atoms with E-state index in [9.17, 15) is 4.79 Å². The number of aliphatic imine (C=N–C) groups is 1. The standard InChI is InChI=1S/C22H30N6O.HI/c1-23-22(26-13-12-25-21(29)19-9-5-11-24-15-19)27-16-20-10-6-14-28(20)17-18-7-3-2-4-8-18;/h2-5,7-9,11,15,20H,6,10,12-14,16-17H2,1H3,(H,25,29)(H2,23,26,27);1H. The van der Waals surface area contributed by atoms with Crippen molar-refractivity contribution in [2.24, 2.45) is 4.99 Å². The van der Waals surface area contributed by atoms with Crippen LogP contribution >= 0.6 is 24.0 Å². The van der Waals surface area contributed by atoms with Gasteiger partial charge in [-0.1, -0.05) is 30.3 Å². The normalized spacial score (nSPS) is 16.6. The molecule has 1 aromatic heterocycles. The molecule has 30 heavy (non-hydrogen) atoms. The molecule has 162 valence electrons. The summed E-state index contributed by atoms with van der Waals surface area (Å²) in [5.74, 6) is 0.637. The average Bonchev–Trinajstić information content (AvgIpc) is 3.21. The molecule has 1 amide bonds. The first kappa shape index (κ1) is 24.1. The zero-order chi connectivity index (χ0) is 20.3. The van der Waals surface area contributed by atoms with Crippen molar-refractivity contribution in [3.05, 3.63) is 66.0 Å². The molecular weight excluding hydrogens is 491 g/mol. The first-order valence-corrected chi connectivity index (χ1v) is 10.2. The summed E-state index contributed by atoms with van der Waals surface area (Å²) in [6.45, 7) is 4.09. The van der Waals surface area contributed by atoms with E-state index in [2.05, 4.69) is 61.2 Å². The minimum atomic E-state index is -0.120. The summed E-state index contributed by atoms with van der Waals surface area (Å²) in [6.07, 6.45) is 5.63. The van der Waals surface area contributed by atoms with Crippen LogP contribution in [0.4, 0.5) is 0 Å². The van der Waals surface area contributed by atoms with E-state index in [-0.39, 0.29) is 29.9 Å². The highest BCUT2D eigenvalue weighted by Gasteiger charge is 2.24. The fraction of sp³-hybridized carbons (Fsp3) is 0.409. The van der Waals surface area contributed by atoms with Crippen LogP contribution in [-0.2, 0) is 6.54 Å². The molecule has 2 heterocycles. The van der Waals surface area contributed by atoms with Crippen LogP contribution in [0.25, 0.3) is 0 Å². The highest BCUT2D eigenvalue weighted by atomic mass is 127. The van der Waals surface area contributed by atoms with Crippen molar-refractivity contribution >= 4 is 35.8 Å². The Morgan fingerprint density at radius 3 is 2.67 bits per heavy atom. The summed E-state index contributed by atoms with van der Waals surface area (Å²) < 4.78 is 0. The molecule has 3 rings (SSSR count). The number of halogens is 1. The number of hydrogen-bond acceptors (Lipinski definition) is 4. The van der Waals surface area contributed by atoms with Gasteiger partial charge in [0.2, 0.25) is 0 Å². The van der Waals surface area contributed by atoms with Gasteiger partial charge in [-0.25, -0.2) is 0 Å². The molecule has 1 aliphatic heterocycles. The van der Waals surface area contributed by atoms with Gasteiger partial charge >= 0.3 is 0 Å². The number of rotatable bonds is 8. The second kappa shape index (κ2) is 13.2. The van der Waals surface area contributed by atoms with Gasteiger partial charge in [-0.15, -0.1) is 24.0 Å². The number of carbonyl (C=O) groups excluding carboxylic acids is 1. The average molecular weight is 522 g/mol. The third-order valence-electron chi connectivity index (χ3n) is 5.08. The second-order valence-corrected chi connectivity index (χ2v) is 7.13. The minimum absolute atomic E-state index is 0. The first-order valence-electron chi connectivity index (χ1n) is 10.2. The summed E-state index contributed by atoms with van der Waals surface area (Å²) in [5, 5.41) is 9.55. The van der Waals surface area contributed by atoms with E-state index in [1.54, 1.807) is 31.6 Å². The van der Waals surface area contributed by atoms with Crippen molar-refractivity contribution in [1.29, 1.82) is 0 Å². The van der Waals surface area contributed by atoms with Gasteiger partial charge < -0.3 is 16.0 Å². The third-order valence-corrected chi connectivity index (χ3v) is 5.08. The van der Waals surface area contributed by atoms with Crippen molar-refractivity contribution in [2.75, 3.05) is 33.2 Å². The summed E-state index contributed by atoms with van der Waals surface area (Å²) in [4.78, 5) is 22.8. The SMILES string of the molecule is CN=C(NCCNC(=O)c1cccnc1)NCC1CCCN1Cc1ccccc1.I. The Labute approximate surface area is 195 Å². The largest absolute Gasteiger partial charge is 0.355 e. The number of hydrogen-bond donors (Lipinski definition) is 3. The summed E-state index contributed by atoms with van der Waals surface area (Å²) in [6, 6.07) is 14.6. The van der Waals surface area contributed by atoms with Crippen LogP contribution < -0.4 is 16.0 Å². The van der Waals surface area contributed by atoms with Gasteiger partial charge in [0.1, 0.15) is 0 Å². The molecule has 2 aromatic rings. The molecule has 8 heteroatoms. The Morgan fingerprint density at radius 1 is 1.13 bits per heavy atom. The monoisotopic (exact) mass is 522 g/mol. The van der Waals surface area contributed by atoms with Crippen molar-refractivity contribution in [1.82, 2.24) is 25.8 Å². The number of nitrogens with zero attached hydrogens (tertiary/aromatic N) is 3. The molecule has 3 N–H and O–H groups in total. The number of pyridine rings is 1. The molecule has 1 aliphatic rings. The predicted octanol–water partition coefficient (Wildman–Crippen LogP) is 2.26. The quantitative estimate of drug-likeness (QED) is 0.215. The Bertz CT molecular complexity index is 787. The molecule has 7 nitrogen and oxygen atoms in total. The van der Waals surface area contributed by atoms with E-state index in [1.165, 1.54) is 18.4 Å². The minimum Gasteiger partial charge on any atom is -0.355 e. The number of amides is 1. The van der Waals surface area contributed by atoms with Crippen molar-refractivity contribution < 1.29 is 4.79 Å². The maximum Gasteiger partial charge on any atom is 0.252 e. The van der Waals surface area contributed by atoms with E-state index in [1.807, 2.05) is 0 Å². The number of guanidine groups is 1. The number of nitrogens with one attached hydrogen (secondary N) is 3. The van der Waals surface area contributed by atoms with Gasteiger partial charge in [0.25, 0.3) is 5.91 Å². The Morgan fingerprint density at radius 2 is 1.93 bits per heavy atom. The van der Waals surface area contributed by atoms with E-state index in [0.29, 0.717) is 24.7 Å². The van der Waals surface area contributed by atoms with Gasteiger partial charge in [0.05, 0.1) is 5.56 Å². The fourth-order valence-corrected chi connectivity index (χ4v) is 3.54. The van der Waals surface area contributed by atoms with Gasteiger partial charge in [-0.3, -0.25) is 19.7 Å². The van der Waals surface area contributed by atoms with Crippen molar-refractivity contribution in [3.63, 3.8) is 0 Å². The zero-order valence-corrected chi connectivity index (χ0v) is 19.7. The second-order valence-electron chi connectivity index (χ2n) is 7.13. The molecule has 1 aromatic carbocycles. The predicted molar refractivity (Wildman–Crippen MR) is 131 cm³/mol. The smallest absolute Gasteiger partial charge is 0.252 e. The van der Waals surface area contributed by atoms with Gasteiger partial charge in [-0.05, 0) is 37.1 Å². The maximum atomic E-state index is 12.0. The molecule has 1 fully saturated rings. The summed E-state index contributed by atoms with van der Waals surface area (Å²) >= 11 is 0. The molecule has 0 radical (unpaired) electrons. The lowest BCUT2D eigenvalue weighted by Gasteiger charge is -2.25. The van der Waals surface area contributed by atoms with Crippen LogP contribution in [0.5, 0.6) is 0 Å². The molecule has 0 aliphatic carbocycles. The van der Waals surface area contributed by atoms with E-state index < -0.39 is 0 Å². The molecule has 1 saturated heterocycles.